The van der Waals surface area contributed by atoms with Gasteiger partial charge in [0.2, 0.25) is 0 Å². The van der Waals surface area contributed by atoms with Crippen LogP contribution in [0.4, 0.5) is 0 Å². The molecule has 0 aromatic heterocycles. The first kappa shape index (κ1) is 16.8. The Hall–Kier alpha value is -1.24. The van der Waals surface area contributed by atoms with E-state index in [0.29, 0.717) is 11.1 Å². The van der Waals surface area contributed by atoms with E-state index in [0.717, 1.165) is 0 Å². The van der Waals surface area contributed by atoms with Gasteiger partial charge in [-0.05, 0) is 17.5 Å². The van der Waals surface area contributed by atoms with E-state index in [1.54, 1.807) is 24.3 Å². The minimum Gasteiger partial charge on any atom is -0.480 e. The minimum atomic E-state index is -4.17. The van der Waals surface area contributed by atoms with Gasteiger partial charge in [0, 0.05) is 0 Å². The number of rotatable bonds is 5. The smallest absolute Gasteiger partial charge is 0.329 e. The summed E-state index contributed by atoms with van der Waals surface area (Å²) in [6.45, 7) is 0. The quantitative estimate of drug-likeness (QED) is 0.532. The van der Waals surface area contributed by atoms with Gasteiger partial charge in [0.25, 0.3) is 0 Å². The van der Waals surface area contributed by atoms with E-state index in [4.69, 9.17) is 20.6 Å². The van der Waals surface area contributed by atoms with E-state index in [9.17, 15) is 9.36 Å². The number of benzene rings is 1. The van der Waals surface area contributed by atoms with Gasteiger partial charge in [-0.25, -0.2) is 0 Å². The molecule has 1 aromatic carbocycles. The molecule has 0 spiro atoms. The maximum absolute atomic E-state index is 10.9. The highest BCUT2D eigenvalue weighted by molar-refractivity contribution is 7.50. The van der Waals surface area contributed by atoms with E-state index < -0.39 is 25.8 Å². The van der Waals surface area contributed by atoms with Crippen molar-refractivity contribution >= 4 is 13.6 Å². The zero-order valence-corrected chi connectivity index (χ0v) is 10.4. The molecule has 0 bridgehead atoms. The maximum atomic E-state index is 10.9. The van der Waals surface area contributed by atoms with E-state index in [1.807, 2.05) is 0 Å². The summed E-state index contributed by atoms with van der Waals surface area (Å²) < 4.78 is 10.9. The monoisotopic (exact) mass is 277 g/mol. The molecule has 18 heavy (non-hydrogen) atoms. The Morgan fingerprint density at radius 1 is 1.28 bits per heavy atom. The third-order valence-electron chi connectivity index (χ3n) is 2.25. The summed E-state index contributed by atoms with van der Waals surface area (Å²) in [4.78, 5) is 28.4. The lowest BCUT2D eigenvalue weighted by Crippen LogP contribution is -2.32. The van der Waals surface area contributed by atoms with Crippen LogP contribution in [0.3, 0.4) is 0 Å². The van der Waals surface area contributed by atoms with Crippen LogP contribution in [0.5, 0.6) is 0 Å². The number of carbonyl (C=O) groups is 1. The number of carboxylic acids is 1. The Bertz CT molecular complexity index is 457. The predicted octanol–water partition coefficient (Wildman–Crippen LogP) is -0.506. The molecular weight excluding hydrogens is 261 g/mol. The molecule has 1 aromatic rings. The second-order valence-electron chi connectivity index (χ2n) is 3.74. The first-order valence-electron chi connectivity index (χ1n) is 4.89. The number of nitrogens with two attached hydrogens (primary N) is 1. The lowest BCUT2D eigenvalue weighted by molar-refractivity contribution is -0.138. The van der Waals surface area contributed by atoms with Gasteiger partial charge in [-0.3, -0.25) is 9.36 Å². The van der Waals surface area contributed by atoms with Crippen molar-refractivity contribution in [1.29, 1.82) is 0 Å². The van der Waals surface area contributed by atoms with Crippen molar-refractivity contribution in [3.05, 3.63) is 35.4 Å². The highest BCUT2D eigenvalue weighted by atomic mass is 31.2. The van der Waals surface area contributed by atoms with Crippen LogP contribution in [0.25, 0.3) is 0 Å². The van der Waals surface area contributed by atoms with Gasteiger partial charge in [0.1, 0.15) is 6.04 Å². The SMILES string of the molecule is NC(Cc1ccccc1CP(=O)(O)O)C(=O)O.O. The Kier molecular flexibility index (Phi) is 6.17. The normalized spacial score (nSPS) is 12.6. The van der Waals surface area contributed by atoms with Gasteiger partial charge in [-0.1, -0.05) is 24.3 Å². The largest absolute Gasteiger partial charge is 0.480 e. The summed E-state index contributed by atoms with van der Waals surface area (Å²) >= 11 is 0. The van der Waals surface area contributed by atoms with Crippen LogP contribution in [0, 0.1) is 0 Å². The summed E-state index contributed by atoms with van der Waals surface area (Å²) in [6, 6.07) is 5.41. The molecule has 0 fully saturated rings. The molecule has 1 unspecified atom stereocenters. The van der Waals surface area contributed by atoms with Crippen LogP contribution in [-0.4, -0.2) is 32.4 Å². The van der Waals surface area contributed by atoms with Gasteiger partial charge in [0.15, 0.2) is 0 Å². The van der Waals surface area contributed by atoms with Gasteiger partial charge in [0.05, 0.1) is 6.16 Å². The molecule has 0 saturated heterocycles. The van der Waals surface area contributed by atoms with Crippen LogP contribution in [0.2, 0.25) is 0 Å². The Labute approximate surface area is 104 Å². The maximum Gasteiger partial charge on any atom is 0.329 e. The average Bonchev–Trinajstić information content (AvgIpc) is 2.18. The molecule has 7 N–H and O–H groups in total. The topological polar surface area (TPSA) is 152 Å². The fourth-order valence-electron chi connectivity index (χ4n) is 1.46. The zero-order valence-electron chi connectivity index (χ0n) is 9.48. The van der Waals surface area contributed by atoms with E-state index in [-0.39, 0.29) is 11.9 Å². The molecule has 0 heterocycles. The highest BCUT2D eigenvalue weighted by Gasteiger charge is 2.19. The van der Waals surface area contributed by atoms with Gasteiger partial charge >= 0.3 is 13.6 Å². The Morgan fingerprint density at radius 2 is 1.78 bits per heavy atom. The molecule has 0 saturated carbocycles. The summed E-state index contributed by atoms with van der Waals surface area (Å²) in [5, 5.41) is 8.69. The van der Waals surface area contributed by atoms with Gasteiger partial charge < -0.3 is 26.1 Å². The van der Waals surface area contributed by atoms with Crippen LogP contribution in [0.1, 0.15) is 11.1 Å². The first-order valence-corrected chi connectivity index (χ1v) is 6.69. The highest BCUT2D eigenvalue weighted by Crippen LogP contribution is 2.39. The van der Waals surface area contributed by atoms with Crippen molar-refractivity contribution in [2.75, 3.05) is 0 Å². The molecule has 0 radical (unpaired) electrons. The van der Waals surface area contributed by atoms with Crippen molar-refractivity contribution in [3.8, 4) is 0 Å². The number of hydrogen-bond acceptors (Lipinski definition) is 3. The van der Waals surface area contributed by atoms with Gasteiger partial charge in [-0.2, -0.15) is 0 Å². The van der Waals surface area contributed by atoms with E-state index in [2.05, 4.69) is 0 Å². The van der Waals surface area contributed by atoms with Crippen LogP contribution < -0.4 is 5.73 Å². The summed E-state index contributed by atoms with van der Waals surface area (Å²) in [6.07, 6.45) is -0.360. The van der Waals surface area contributed by atoms with Gasteiger partial charge in [-0.15, -0.1) is 0 Å². The standard InChI is InChI=1S/C10H14NO5P.H2O/c11-9(10(12)13)5-7-3-1-2-4-8(7)6-17(14,15)16;/h1-4,9H,5-6,11H2,(H,12,13)(H2,14,15,16);1H2. The molecule has 0 aliphatic carbocycles. The lowest BCUT2D eigenvalue weighted by atomic mass is 10.0. The molecule has 102 valence electrons. The second kappa shape index (κ2) is 6.63. The summed E-state index contributed by atoms with van der Waals surface area (Å²) in [5.74, 6) is -1.14. The fraction of sp³-hybridized carbons (Fsp3) is 0.300. The third kappa shape index (κ3) is 5.39. The minimum absolute atomic E-state index is 0. The molecule has 8 heteroatoms. The summed E-state index contributed by atoms with van der Waals surface area (Å²) in [5.41, 5.74) is 6.36. The molecule has 1 rings (SSSR count). The third-order valence-corrected chi connectivity index (χ3v) is 3.00. The molecule has 0 aliphatic heterocycles. The molecule has 0 amide bonds. The second-order valence-corrected chi connectivity index (χ2v) is 5.39. The van der Waals surface area contributed by atoms with Crippen molar-refractivity contribution < 1.29 is 29.7 Å². The molecule has 0 aliphatic rings. The van der Waals surface area contributed by atoms with Crippen LogP contribution >= 0.6 is 7.60 Å². The van der Waals surface area contributed by atoms with Crippen molar-refractivity contribution in [2.24, 2.45) is 5.73 Å². The lowest BCUT2D eigenvalue weighted by Gasteiger charge is -2.12. The van der Waals surface area contributed by atoms with Crippen LogP contribution in [-0.2, 0) is 21.9 Å². The zero-order chi connectivity index (χ0) is 13.1. The predicted molar refractivity (Wildman–Crippen MR) is 65.1 cm³/mol. The van der Waals surface area contributed by atoms with Crippen molar-refractivity contribution in [2.45, 2.75) is 18.6 Å². The number of carboxylic acid groups (broad SMARTS) is 1. The van der Waals surface area contributed by atoms with Crippen LogP contribution in [0.15, 0.2) is 24.3 Å². The average molecular weight is 277 g/mol. The van der Waals surface area contributed by atoms with Crippen molar-refractivity contribution in [3.63, 3.8) is 0 Å². The van der Waals surface area contributed by atoms with E-state index in [1.165, 1.54) is 0 Å². The molecular formula is C10H16NO6P. The number of hydrogen-bond donors (Lipinski definition) is 4. The first-order chi connectivity index (χ1) is 7.79. The fourth-order valence-corrected chi connectivity index (χ4v) is 2.21. The molecule has 7 nitrogen and oxygen atoms in total. The summed E-state index contributed by atoms with van der Waals surface area (Å²) in [7, 11) is -4.17. The molecule has 1 atom stereocenters. The number of aliphatic carboxylic acids is 1. The van der Waals surface area contributed by atoms with Crippen molar-refractivity contribution in [1.82, 2.24) is 0 Å². The van der Waals surface area contributed by atoms with E-state index >= 15 is 0 Å². The Morgan fingerprint density at radius 3 is 2.22 bits per heavy atom. The Balaban J connectivity index is 0.00000289.